The van der Waals surface area contributed by atoms with Crippen LogP contribution in [0.3, 0.4) is 0 Å². The highest BCUT2D eigenvalue weighted by Crippen LogP contribution is 2.31. The molecule has 0 saturated carbocycles. The van der Waals surface area contributed by atoms with Crippen molar-refractivity contribution in [3.05, 3.63) is 53.9 Å². The Morgan fingerprint density at radius 1 is 1.22 bits per heavy atom. The number of rotatable bonds is 4. The Balaban J connectivity index is 1.56. The lowest BCUT2D eigenvalue weighted by Gasteiger charge is -2.26. The number of aromatic nitrogens is 1. The van der Waals surface area contributed by atoms with E-state index in [9.17, 15) is 4.79 Å². The van der Waals surface area contributed by atoms with Gasteiger partial charge in [0.1, 0.15) is 12.7 Å². The van der Waals surface area contributed by atoms with Crippen molar-refractivity contribution in [1.82, 2.24) is 9.88 Å². The Morgan fingerprint density at radius 2 is 2.00 bits per heavy atom. The average Bonchev–Trinajstić information content (AvgIpc) is 2.59. The van der Waals surface area contributed by atoms with Crippen LogP contribution < -0.4 is 9.47 Å². The number of carbonyl (C=O) groups excluding carboxylic acids is 1. The van der Waals surface area contributed by atoms with E-state index in [1.807, 2.05) is 36.4 Å². The summed E-state index contributed by atoms with van der Waals surface area (Å²) in [6.45, 7) is 0.550. The summed E-state index contributed by atoms with van der Waals surface area (Å²) in [5.74, 6) is 1.56. The number of pyridine rings is 1. The minimum Gasteiger partial charge on any atom is -0.486 e. The molecule has 3 rings (SSSR count). The number of fused-ring (bicyclic) bond motifs is 1. The second-order valence-corrected chi connectivity index (χ2v) is 5.77. The van der Waals surface area contributed by atoms with Crippen LogP contribution in [0.15, 0.2) is 42.6 Å². The number of nitrogens with zero attached hydrogens (tertiary/aromatic N) is 2. The molecule has 0 unspecified atom stereocenters. The summed E-state index contributed by atoms with van der Waals surface area (Å²) in [6.07, 6.45) is 3.26. The van der Waals surface area contributed by atoms with Crippen molar-refractivity contribution < 1.29 is 14.3 Å². The maximum Gasteiger partial charge on any atom is 0.254 e. The highest BCUT2D eigenvalue weighted by atomic mass is 16.6. The third-order valence-electron chi connectivity index (χ3n) is 3.77. The minimum atomic E-state index is -0.0373. The summed E-state index contributed by atoms with van der Waals surface area (Å²) >= 11 is 0. The Kier molecular flexibility index (Phi) is 4.46. The van der Waals surface area contributed by atoms with Crippen LogP contribution in [0.1, 0.15) is 22.5 Å². The largest absolute Gasteiger partial charge is 0.486 e. The SMILES string of the molecule is CN(C)C(=O)c1ccc(CC[C@@H]2COc3ccccc3O2)nc1. The summed E-state index contributed by atoms with van der Waals surface area (Å²) in [5.41, 5.74) is 1.55. The molecule has 1 aromatic heterocycles. The molecule has 1 aliphatic rings. The van der Waals surface area contributed by atoms with Gasteiger partial charge in [-0.3, -0.25) is 9.78 Å². The highest BCUT2D eigenvalue weighted by Gasteiger charge is 2.20. The molecular weight excluding hydrogens is 292 g/mol. The zero-order valence-electron chi connectivity index (χ0n) is 13.4. The van der Waals surface area contributed by atoms with Gasteiger partial charge in [0.15, 0.2) is 11.5 Å². The van der Waals surface area contributed by atoms with Crippen molar-refractivity contribution in [3.8, 4) is 11.5 Å². The lowest BCUT2D eigenvalue weighted by Crippen LogP contribution is -2.29. The number of ether oxygens (including phenoxy) is 2. The molecule has 23 heavy (non-hydrogen) atoms. The molecule has 1 aliphatic heterocycles. The van der Waals surface area contributed by atoms with Crippen molar-refractivity contribution in [2.24, 2.45) is 0 Å². The topological polar surface area (TPSA) is 51.7 Å². The van der Waals surface area contributed by atoms with Crippen LogP contribution in [-0.4, -0.2) is 42.6 Å². The van der Waals surface area contributed by atoms with Crippen LogP contribution >= 0.6 is 0 Å². The summed E-state index contributed by atoms with van der Waals surface area (Å²) in [7, 11) is 3.46. The fraction of sp³-hybridized carbons (Fsp3) is 0.333. The number of amides is 1. The molecule has 0 radical (unpaired) electrons. The number of benzene rings is 1. The summed E-state index contributed by atoms with van der Waals surface area (Å²) in [4.78, 5) is 17.7. The number of para-hydroxylation sites is 2. The van der Waals surface area contributed by atoms with E-state index in [1.54, 1.807) is 25.2 Å². The van der Waals surface area contributed by atoms with E-state index in [1.165, 1.54) is 0 Å². The molecule has 5 heteroatoms. The minimum absolute atomic E-state index is 0.0229. The summed E-state index contributed by atoms with van der Waals surface area (Å²) in [5, 5.41) is 0. The Morgan fingerprint density at radius 3 is 2.70 bits per heavy atom. The van der Waals surface area contributed by atoms with Crippen LogP contribution in [0.4, 0.5) is 0 Å². The second-order valence-electron chi connectivity index (χ2n) is 5.77. The van der Waals surface area contributed by atoms with Crippen LogP contribution in [0.2, 0.25) is 0 Å². The molecular formula is C18H20N2O3. The van der Waals surface area contributed by atoms with Gasteiger partial charge in [0.25, 0.3) is 5.91 Å². The predicted molar refractivity (Wildman–Crippen MR) is 86.9 cm³/mol. The summed E-state index contributed by atoms with van der Waals surface area (Å²) in [6, 6.07) is 11.4. The van der Waals surface area contributed by atoms with Gasteiger partial charge in [-0.2, -0.15) is 0 Å². The molecule has 2 aromatic rings. The third kappa shape index (κ3) is 3.62. The van der Waals surface area contributed by atoms with Gasteiger partial charge in [-0.05, 0) is 37.1 Å². The van der Waals surface area contributed by atoms with Gasteiger partial charge in [0.2, 0.25) is 0 Å². The van der Waals surface area contributed by atoms with Crippen LogP contribution in [0.5, 0.6) is 11.5 Å². The zero-order valence-corrected chi connectivity index (χ0v) is 13.4. The third-order valence-corrected chi connectivity index (χ3v) is 3.77. The molecule has 1 aromatic carbocycles. The van der Waals surface area contributed by atoms with Gasteiger partial charge in [-0.15, -0.1) is 0 Å². The lowest BCUT2D eigenvalue weighted by molar-refractivity contribution is 0.0826. The van der Waals surface area contributed by atoms with E-state index >= 15 is 0 Å². The van der Waals surface area contributed by atoms with Crippen molar-refractivity contribution in [2.75, 3.05) is 20.7 Å². The molecule has 0 aliphatic carbocycles. The van der Waals surface area contributed by atoms with E-state index in [0.717, 1.165) is 30.0 Å². The normalized spacial score (nSPS) is 16.0. The van der Waals surface area contributed by atoms with Crippen LogP contribution in [-0.2, 0) is 6.42 Å². The Labute approximate surface area is 135 Å². The molecule has 1 atom stereocenters. The van der Waals surface area contributed by atoms with Crippen molar-refractivity contribution >= 4 is 5.91 Å². The second kappa shape index (κ2) is 6.69. The van der Waals surface area contributed by atoms with E-state index < -0.39 is 0 Å². The van der Waals surface area contributed by atoms with E-state index in [4.69, 9.17) is 9.47 Å². The molecule has 120 valence electrons. The van der Waals surface area contributed by atoms with Crippen molar-refractivity contribution in [3.63, 3.8) is 0 Å². The monoisotopic (exact) mass is 312 g/mol. The molecule has 5 nitrogen and oxygen atoms in total. The van der Waals surface area contributed by atoms with Gasteiger partial charge in [0, 0.05) is 26.0 Å². The van der Waals surface area contributed by atoms with E-state index in [-0.39, 0.29) is 12.0 Å². The predicted octanol–water partition coefficient (Wildman–Crippen LogP) is 2.56. The zero-order chi connectivity index (χ0) is 16.2. The first-order valence-electron chi connectivity index (χ1n) is 7.68. The van der Waals surface area contributed by atoms with Crippen molar-refractivity contribution in [1.29, 1.82) is 0 Å². The average molecular weight is 312 g/mol. The maximum absolute atomic E-state index is 11.8. The Hall–Kier alpha value is -2.56. The molecule has 0 saturated heterocycles. The quantitative estimate of drug-likeness (QED) is 0.870. The lowest BCUT2D eigenvalue weighted by atomic mass is 10.1. The first-order valence-corrected chi connectivity index (χ1v) is 7.68. The highest BCUT2D eigenvalue weighted by molar-refractivity contribution is 5.93. The molecule has 2 heterocycles. The van der Waals surface area contributed by atoms with Gasteiger partial charge in [-0.25, -0.2) is 0 Å². The van der Waals surface area contributed by atoms with Crippen LogP contribution in [0, 0.1) is 0 Å². The van der Waals surface area contributed by atoms with Gasteiger partial charge >= 0.3 is 0 Å². The first-order chi connectivity index (χ1) is 11.1. The first kappa shape index (κ1) is 15.3. The standard InChI is InChI=1S/C18H20N2O3/c1-20(2)18(21)13-7-8-14(19-11-13)9-10-15-12-22-16-5-3-4-6-17(16)23-15/h3-8,11,15H,9-10,12H2,1-2H3/t15-/m1/s1. The fourth-order valence-corrected chi connectivity index (χ4v) is 2.47. The van der Waals surface area contributed by atoms with Gasteiger partial charge in [-0.1, -0.05) is 12.1 Å². The van der Waals surface area contributed by atoms with Crippen LogP contribution in [0.25, 0.3) is 0 Å². The number of carbonyl (C=O) groups is 1. The smallest absolute Gasteiger partial charge is 0.254 e. The fourth-order valence-electron chi connectivity index (χ4n) is 2.47. The molecule has 0 N–H and O–H groups in total. The number of aryl methyl sites for hydroxylation is 1. The van der Waals surface area contributed by atoms with Crippen molar-refractivity contribution in [2.45, 2.75) is 18.9 Å². The molecule has 0 bridgehead atoms. The molecule has 1 amide bonds. The number of hydrogen-bond donors (Lipinski definition) is 0. The maximum atomic E-state index is 11.8. The Bertz CT molecular complexity index is 683. The summed E-state index contributed by atoms with van der Waals surface area (Å²) < 4.78 is 11.6. The van der Waals surface area contributed by atoms with E-state index in [0.29, 0.717) is 12.2 Å². The molecule has 0 fully saturated rings. The number of hydrogen-bond acceptors (Lipinski definition) is 4. The van der Waals surface area contributed by atoms with Gasteiger partial charge < -0.3 is 14.4 Å². The van der Waals surface area contributed by atoms with Gasteiger partial charge in [0.05, 0.1) is 5.56 Å². The molecule has 0 spiro atoms. The van der Waals surface area contributed by atoms with E-state index in [2.05, 4.69) is 4.98 Å².